The molecule has 2 N–H and O–H groups in total. The van der Waals surface area contributed by atoms with Crippen LogP contribution >= 0.6 is 0 Å². The molecule has 0 spiro atoms. The van der Waals surface area contributed by atoms with Gasteiger partial charge in [0, 0.05) is 11.6 Å². The van der Waals surface area contributed by atoms with Crippen LogP contribution in [0.3, 0.4) is 0 Å². The van der Waals surface area contributed by atoms with E-state index in [4.69, 9.17) is 5.41 Å². The lowest BCUT2D eigenvalue weighted by Crippen LogP contribution is -1.99. The SMILES string of the molecule is N=c1oncc2cc[nH]c12. The fraction of sp³-hybridized carbons (Fsp3) is 0. The van der Waals surface area contributed by atoms with Crippen molar-refractivity contribution in [1.82, 2.24) is 10.1 Å². The van der Waals surface area contributed by atoms with Crippen molar-refractivity contribution in [3.8, 4) is 0 Å². The molecule has 0 bridgehead atoms. The molecule has 0 saturated heterocycles. The highest BCUT2D eigenvalue weighted by Crippen LogP contribution is 2.02. The maximum absolute atomic E-state index is 7.22. The van der Waals surface area contributed by atoms with Gasteiger partial charge in [-0.1, -0.05) is 5.16 Å². The van der Waals surface area contributed by atoms with E-state index in [1.54, 1.807) is 12.4 Å². The van der Waals surface area contributed by atoms with Gasteiger partial charge >= 0.3 is 0 Å². The molecule has 0 aliphatic rings. The molecule has 2 aromatic rings. The number of aromatic nitrogens is 2. The van der Waals surface area contributed by atoms with E-state index in [-0.39, 0.29) is 5.55 Å². The summed E-state index contributed by atoms with van der Waals surface area (Å²) < 4.78 is 4.58. The minimum Gasteiger partial charge on any atom is -0.357 e. The molecule has 0 radical (unpaired) electrons. The van der Waals surface area contributed by atoms with Crippen LogP contribution < -0.4 is 5.55 Å². The van der Waals surface area contributed by atoms with Gasteiger partial charge in [-0.25, -0.2) is 0 Å². The number of aromatic amines is 1. The van der Waals surface area contributed by atoms with Crippen molar-refractivity contribution in [1.29, 1.82) is 5.41 Å². The number of rotatable bonds is 0. The Kier molecular flexibility index (Phi) is 0.887. The van der Waals surface area contributed by atoms with Gasteiger partial charge in [0.25, 0.3) is 5.55 Å². The summed E-state index contributed by atoms with van der Waals surface area (Å²) >= 11 is 0. The fourth-order valence-corrected chi connectivity index (χ4v) is 0.867. The Balaban J connectivity index is 3.09. The molecule has 2 rings (SSSR count). The molecule has 0 saturated carbocycles. The lowest BCUT2D eigenvalue weighted by molar-refractivity contribution is 0.360. The largest absolute Gasteiger partial charge is 0.357 e. The second-order valence-electron chi connectivity index (χ2n) is 1.96. The monoisotopic (exact) mass is 135 g/mol. The Hall–Kier alpha value is -1.58. The molecule has 2 heterocycles. The van der Waals surface area contributed by atoms with E-state index in [2.05, 4.69) is 14.7 Å². The van der Waals surface area contributed by atoms with Crippen molar-refractivity contribution in [2.45, 2.75) is 0 Å². The highest BCUT2D eigenvalue weighted by Gasteiger charge is 1.95. The quantitative estimate of drug-likeness (QED) is 0.556. The fourth-order valence-electron chi connectivity index (χ4n) is 0.867. The number of hydrogen-bond acceptors (Lipinski definition) is 3. The standard InChI is InChI=1S/C6H5N3O/c7-6-5-4(1-2-8-5)3-9-10-6/h1-3,7-8H. The van der Waals surface area contributed by atoms with Crippen LogP contribution in [0.5, 0.6) is 0 Å². The summed E-state index contributed by atoms with van der Waals surface area (Å²) in [5.74, 6) is 0. The number of H-pyrrole nitrogens is 1. The zero-order valence-corrected chi connectivity index (χ0v) is 5.09. The van der Waals surface area contributed by atoms with Gasteiger partial charge in [-0.3, -0.25) is 5.41 Å². The molecular weight excluding hydrogens is 130 g/mol. The van der Waals surface area contributed by atoms with Crippen LogP contribution in [-0.4, -0.2) is 10.1 Å². The minimum absolute atomic E-state index is 0.0718. The Labute approximate surface area is 56.0 Å². The van der Waals surface area contributed by atoms with Gasteiger partial charge in [0.15, 0.2) is 0 Å². The van der Waals surface area contributed by atoms with Crippen molar-refractivity contribution in [3.63, 3.8) is 0 Å². The maximum atomic E-state index is 7.22. The van der Waals surface area contributed by atoms with Gasteiger partial charge in [0.1, 0.15) is 5.52 Å². The van der Waals surface area contributed by atoms with E-state index >= 15 is 0 Å². The lowest BCUT2D eigenvalue weighted by atomic mass is 10.4. The van der Waals surface area contributed by atoms with E-state index in [0.29, 0.717) is 5.52 Å². The molecule has 0 amide bonds. The highest BCUT2D eigenvalue weighted by molar-refractivity contribution is 5.75. The number of nitrogens with one attached hydrogen (secondary N) is 2. The summed E-state index contributed by atoms with van der Waals surface area (Å²) in [7, 11) is 0. The first-order valence-electron chi connectivity index (χ1n) is 2.84. The number of hydrogen-bond donors (Lipinski definition) is 2. The second kappa shape index (κ2) is 1.70. The van der Waals surface area contributed by atoms with E-state index in [1.165, 1.54) is 0 Å². The Morgan fingerprint density at radius 3 is 3.30 bits per heavy atom. The molecule has 0 aliphatic heterocycles. The average Bonchev–Trinajstić information content (AvgIpc) is 2.36. The first-order chi connectivity index (χ1) is 4.88. The molecule has 10 heavy (non-hydrogen) atoms. The van der Waals surface area contributed by atoms with Gasteiger partial charge < -0.3 is 9.51 Å². The Morgan fingerprint density at radius 2 is 2.50 bits per heavy atom. The molecule has 2 aromatic heterocycles. The molecule has 0 aliphatic carbocycles. The van der Waals surface area contributed by atoms with Gasteiger partial charge in [0.2, 0.25) is 0 Å². The third-order valence-corrected chi connectivity index (χ3v) is 1.34. The van der Waals surface area contributed by atoms with Crippen LogP contribution in [0.2, 0.25) is 0 Å². The maximum Gasteiger partial charge on any atom is 0.265 e. The van der Waals surface area contributed by atoms with Crippen LogP contribution in [0.1, 0.15) is 0 Å². The smallest absolute Gasteiger partial charge is 0.265 e. The van der Waals surface area contributed by atoms with Gasteiger partial charge in [-0.2, -0.15) is 0 Å². The van der Waals surface area contributed by atoms with E-state index in [0.717, 1.165) is 5.39 Å². The Morgan fingerprint density at radius 1 is 1.60 bits per heavy atom. The summed E-state index contributed by atoms with van der Waals surface area (Å²) in [6.07, 6.45) is 3.32. The van der Waals surface area contributed by atoms with Crippen molar-refractivity contribution in [2.75, 3.05) is 0 Å². The van der Waals surface area contributed by atoms with Crippen molar-refractivity contribution in [2.24, 2.45) is 0 Å². The van der Waals surface area contributed by atoms with E-state index in [9.17, 15) is 0 Å². The summed E-state index contributed by atoms with van der Waals surface area (Å²) in [6.45, 7) is 0. The molecule has 0 aromatic carbocycles. The molecule has 4 heteroatoms. The average molecular weight is 135 g/mol. The first-order valence-corrected chi connectivity index (χ1v) is 2.84. The van der Waals surface area contributed by atoms with Crippen LogP contribution in [0.4, 0.5) is 0 Å². The summed E-state index contributed by atoms with van der Waals surface area (Å²) in [6, 6.07) is 1.84. The van der Waals surface area contributed by atoms with Crippen LogP contribution in [0.15, 0.2) is 23.0 Å². The third kappa shape index (κ3) is 0.556. The van der Waals surface area contributed by atoms with Crippen molar-refractivity contribution in [3.05, 3.63) is 24.0 Å². The predicted octanol–water partition coefficient (Wildman–Crippen LogP) is 0.635. The third-order valence-electron chi connectivity index (χ3n) is 1.34. The highest BCUT2D eigenvalue weighted by atomic mass is 16.5. The number of nitrogens with zero attached hydrogens (tertiary/aromatic N) is 1. The molecule has 0 fully saturated rings. The van der Waals surface area contributed by atoms with Crippen molar-refractivity contribution < 1.29 is 4.52 Å². The van der Waals surface area contributed by atoms with E-state index in [1.807, 2.05) is 6.07 Å². The zero-order valence-electron chi connectivity index (χ0n) is 5.09. The molecule has 0 unspecified atom stereocenters. The van der Waals surface area contributed by atoms with Gasteiger partial charge in [-0.15, -0.1) is 0 Å². The lowest BCUT2D eigenvalue weighted by Gasteiger charge is -1.83. The summed E-state index contributed by atoms with van der Waals surface area (Å²) in [5, 5.41) is 11.6. The first kappa shape index (κ1) is 5.22. The predicted molar refractivity (Wildman–Crippen MR) is 34.2 cm³/mol. The zero-order chi connectivity index (χ0) is 6.97. The van der Waals surface area contributed by atoms with Crippen molar-refractivity contribution >= 4 is 10.9 Å². The summed E-state index contributed by atoms with van der Waals surface area (Å²) in [5.41, 5.74) is 0.762. The molecule has 4 nitrogen and oxygen atoms in total. The van der Waals surface area contributed by atoms with Gasteiger partial charge in [-0.05, 0) is 6.07 Å². The molecule has 50 valence electrons. The number of fused-ring (bicyclic) bond motifs is 1. The van der Waals surface area contributed by atoms with Crippen LogP contribution in [0, 0.1) is 5.41 Å². The van der Waals surface area contributed by atoms with Gasteiger partial charge in [0.05, 0.1) is 6.20 Å². The summed E-state index contributed by atoms with van der Waals surface area (Å²) in [4.78, 5) is 2.87. The Bertz CT molecular complexity index is 400. The van der Waals surface area contributed by atoms with Crippen LogP contribution in [0.25, 0.3) is 10.9 Å². The second-order valence-corrected chi connectivity index (χ2v) is 1.96. The van der Waals surface area contributed by atoms with E-state index < -0.39 is 0 Å². The molecule has 0 atom stereocenters. The topological polar surface area (TPSA) is 65.7 Å². The minimum atomic E-state index is 0.0718. The van der Waals surface area contributed by atoms with Crippen LogP contribution in [-0.2, 0) is 0 Å². The normalized spacial score (nSPS) is 10.4. The molecular formula is C6H5N3O.